The molecule has 0 saturated carbocycles. The Morgan fingerprint density at radius 1 is 0.756 bits per heavy atom. The van der Waals surface area contributed by atoms with Gasteiger partial charge in [-0.1, -0.05) is 22.7 Å². The summed E-state index contributed by atoms with van der Waals surface area (Å²) in [6.07, 6.45) is 0. The lowest BCUT2D eigenvalue weighted by atomic mass is 9.90. The lowest BCUT2D eigenvalue weighted by molar-refractivity contribution is -0.121. The van der Waals surface area contributed by atoms with Gasteiger partial charge in [0.25, 0.3) is 11.8 Å². The van der Waals surface area contributed by atoms with E-state index in [9.17, 15) is 30.6 Å². The number of fused-ring (bicyclic) bond motifs is 3. The standard InChI is InChI=1S/C25H16N10O2S4/c1-5-34-19(36)17(40-21(34)11(7-26)8-27)32-23-30-15-13(38-23)14-16(25(15,3)4)31-24(39-14)33-18-20(37)35(6-2)22(41-18)12(9-28)10-29/h5-6H2,1-4H3. The molecule has 12 nitrogen and oxygen atoms in total. The average molecular weight is 617 g/mol. The van der Waals surface area contributed by atoms with Gasteiger partial charge < -0.3 is 0 Å². The number of carbonyl (C=O) groups is 2. The predicted octanol–water partition coefficient (Wildman–Crippen LogP) is 4.67. The van der Waals surface area contributed by atoms with Crippen LogP contribution in [0, 0.1) is 45.3 Å². The fourth-order valence-electron chi connectivity index (χ4n) is 4.28. The van der Waals surface area contributed by atoms with Crippen LogP contribution < -0.4 is 0 Å². The zero-order valence-corrected chi connectivity index (χ0v) is 25.1. The van der Waals surface area contributed by atoms with Crippen LogP contribution in [0.4, 0.5) is 10.3 Å². The van der Waals surface area contributed by atoms with E-state index in [0.717, 1.165) is 44.7 Å². The van der Waals surface area contributed by atoms with Crippen molar-refractivity contribution in [3.63, 3.8) is 0 Å². The quantitative estimate of drug-likeness (QED) is 0.437. The normalized spacial score (nSPS) is 18.8. The molecule has 0 atom stereocenters. The van der Waals surface area contributed by atoms with Crippen LogP contribution in [-0.4, -0.2) is 54.8 Å². The van der Waals surface area contributed by atoms with Crippen molar-refractivity contribution in [1.29, 1.82) is 21.0 Å². The molecule has 4 heterocycles. The van der Waals surface area contributed by atoms with Crippen molar-refractivity contribution in [2.45, 2.75) is 33.1 Å². The highest BCUT2D eigenvalue weighted by Gasteiger charge is 2.44. The Bertz CT molecular complexity index is 1680. The molecule has 2 aromatic rings. The number of carbonyl (C=O) groups excluding carboxylic acids is 2. The smallest absolute Gasteiger partial charge is 0.284 e. The molecule has 0 N–H and O–H groups in total. The zero-order valence-electron chi connectivity index (χ0n) is 21.8. The summed E-state index contributed by atoms with van der Waals surface area (Å²) in [6, 6.07) is 7.32. The summed E-state index contributed by atoms with van der Waals surface area (Å²) in [6.45, 7) is 8.00. The van der Waals surface area contributed by atoms with Crippen molar-refractivity contribution >= 4 is 78.4 Å². The third-order valence-electron chi connectivity index (χ3n) is 6.26. The molecule has 202 valence electrons. The van der Waals surface area contributed by atoms with E-state index in [0.29, 0.717) is 10.3 Å². The van der Waals surface area contributed by atoms with Gasteiger partial charge >= 0.3 is 0 Å². The van der Waals surface area contributed by atoms with E-state index in [1.807, 2.05) is 38.1 Å². The van der Waals surface area contributed by atoms with Crippen LogP contribution in [-0.2, 0) is 15.0 Å². The van der Waals surface area contributed by atoms with Gasteiger partial charge in [0.05, 0.1) is 26.6 Å². The number of hydrogen-bond acceptors (Lipinski definition) is 14. The summed E-state index contributed by atoms with van der Waals surface area (Å²) in [5.41, 5.74) is 0.607. The Labute approximate surface area is 250 Å². The van der Waals surface area contributed by atoms with Gasteiger partial charge in [0.1, 0.15) is 34.3 Å². The van der Waals surface area contributed by atoms with Crippen LogP contribution in [0.1, 0.15) is 39.1 Å². The lowest BCUT2D eigenvalue weighted by Crippen LogP contribution is -2.26. The molecular weight excluding hydrogens is 601 g/mol. The molecule has 2 saturated heterocycles. The number of thioether (sulfide) groups is 2. The van der Waals surface area contributed by atoms with Gasteiger partial charge in [0, 0.05) is 13.1 Å². The number of aliphatic imine (C=N–C) groups is 2. The fourth-order valence-corrected chi connectivity index (χ4v) is 8.79. The maximum atomic E-state index is 12.9. The van der Waals surface area contributed by atoms with Crippen molar-refractivity contribution in [3.05, 3.63) is 32.6 Å². The van der Waals surface area contributed by atoms with Crippen LogP contribution >= 0.6 is 46.2 Å². The maximum absolute atomic E-state index is 12.9. The van der Waals surface area contributed by atoms with Gasteiger partial charge in [-0.05, 0) is 51.2 Å². The topological polar surface area (TPSA) is 186 Å². The average Bonchev–Trinajstić information content (AvgIpc) is 3.73. The molecule has 16 heteroatoms. The van der Waals surface area contributed by atoms with Gasteiger partial charge in [0.15, 0.2) is 21.2 Å². The second-order valence-corrected chi connectivity index (χ2v) is 12.8. The number of allylic oxidation sites excluding steroid dienone is 2. The number of rotatable bonds is 4. The van der Waals surface area contributed by atoms with E-state index < -0.39 is 17.2 Å². The summed E-state index contributed by atoms with van der Waals surface area (Å²) in [7, 11) is 0. The number of nitriles is 4. The van der Waals surface area contributed by atoms with Crippen LogP contribution in [0.15, 0.2) is 31.2 Å². The number of nitrogens with zero attached hydrogens (tertiary/aromatic N) is 10. The van der Waals surface area contributed by atoms with E-state index in [-0.39, 0.29) is 44.4 Å². The predicted molar refractivity (Wildman–Crippen MR) is 156 cm³/mol. The highest BCUT2D eigenvalue weighted by atomic mass is 32.2. The molecule has 2 fully saturated rings. The Morgan fingerprint density at radius 3 is 1.44 bits per heavy atom. The van der Waals surface area contributed by atoms with Crippen LogP contribution in [0.2, 0.25) is 0 Å². The van der Waals surface area contributed by atoms with Crippen molar-refractivity contribution in [2.24, 2.45) is 9.98 Å². The second-order valence-electron chi connectivity index (χ2n) is 8.92. The summed E-state index contributed by atoms with van der Waals surface area (Å²) >= 11 is 4.53. The number of aromatic nitrogens is 2. The number of amides is 2. The molecule has 0 spiro atoms. The Morgan fingerprint density at radius 2 is 1.12 bits per heavy atom. The van der Waals surface area contributed by atoms with Gasteiger partial charge in [-0.2, -0.15) is 21.0 Å². The molecule has 0 radical (unpaired) electrons. The van der Waals surface area contributed by atoms with Gasteiger partial charge in [-0.3, -0.25) is 19.4 Å². The zero-order chi connectivity index (χ0) is 29.6. The van der Waals surface area contributed by atoms with Gasteiger partial charge in [-0.25, -0.2) is 20.0 Å². The Hall–Kier alpha value is -4.32. The first-order valence-electron chi connectivity index (χ1n) is 11.9. The minimum Gasteiger partial charge on any atom is -0.299 e. The number of thiazole rings is 2. The Balaban J connectivity index is 1.51. The van der Waals surface area contributed by atoms with Crippen molar-refractivity contribution < 1.29 is 9.59 Å². The third kappa shape index (κ3) is 4.42. The molecular formula is C25H16N10O2S4. The molecule has 1 aliphatic carbocycles. The third-order valence-corrected chi connectivity index (χ3v) is 10.5. The molecule has 0 unspecified atom stereocenters. The number of hydrogen-bond donors (Lipinski definition) is 0. The first-order valence-corrected chi connectivity index (χ1v) is 15.2. The second kappa shape index (κ2) is 10.6. The van der Waals surface area contributed by atoms with E-state index in [2.05, 4.69) is 9.98 Å². The summed E-state index contributed by atoms with van der Waals surface area (Å²) in [4.78, 5) is 48.6. The van der Waals surface area contributed by atoms with Crippen molar-refractivity contribution in [1.82, 2.24) is 19.8 Å². The van der Waals surface area contributed by atoms with Crippen LogP contribution in [0.5, 0.6) is 0 Å². The molecule has 2 amide bonds. The fraction of sp³-hybridized carbons (Fsp3) is 0.280. The summed E-state index contributed by atoms with van der Waals surface area (Å²) < 4.78 is 0. The highest BCUT2D eigenvalue weighted by Crippen LogP contribution is 2.55. The van der Waals surface area contributed by atoms with Crippen LogP contribution in [0.3, 0.4) is 0 Å². The molecule has 41 heavy (non-hydrogen) atoms. The van der Waals surface area contributed by atoms with Gasteiger partial charge in [0.2, 0.25) is 10.3 Å². The van der Waals surface area contributed by atoms with Crippen LogP contribution in [0.25, 0.3) is 9.75 Å². The van der Waals surface area contributed by atoms with Gasteiger partial charge in [-0.15, -0.1) is 0 Å². The summed E-state index contributed by atoms with van der Waals surface area (Å²) in [5, 5.41) is 38.6. The largest absolute Gasteiger partial charge is 0.299 e. The minimum absolute atomic E-state index is 0.127. The lowest BCUT2D eigenvalue weighted by Gasteiger charge is -2.15. The van der Waals surface area contributed by atoms with E-state index in [1.165, 1.54) is 32.5 Å². The molecule has 2 aromatic heterocycles. The Kier molecular flexibility index (Phi) is 7.28. The SMILES string of the molecule is CCN1C(=O)C(=Nc2nc3c(s2)-c2sc(N=C4SC(=C(C#N)C#N)N(CC)C4=O)nc2C3(C)C)SC1=C(C#N)C#N. The summed E-state index contributed by atoms with van der Waals surface area (Å²) in [5.74, 6) is -0.795. The maximum Gasteiger partial charge on any atom is 0.284 e. The molecule has 5 rings (SSSR count). The monoisotopic (exact) mass is 616 g/mol. The van der Waals surface area contributed by atoms with E-state index in [1.54, 1.807) is 13.8 Å². The van der Waals surface area contributed by atoms with Crippen molar-refractivity contribution in [2.75, 3.05) is 13.1 Å². The molecule has 3 aliphatic rings. The molecule has 0 bridgehead atoms. The van der Waals surface area contributed by atoms with Crippen molar-refractivity contribution in [3.8, 4) is 34.0 Å². The van der Waals surface area contributed by atoms with E-state index >= 15 is 0 Å². The first-order chi connectivity index (χ1) is 19.6. The van der Waals surface area contributed by atoms with E-state index in [4.69, 9.17) is 9.97 Å². The molecule has 2 aliphatic heterocycles. The highest BCUT2D eigenvalue weighted by molar-refractivity contribution is 8.20. The molecule has 0 aromatic carbocycles. The minimum atomic E-state index is -0.598. The first kappa shape index (κ1) is 28.2.